The Hall–Kier alpha value is -2.18. The van der Waals surface area contributed by atoms with Gasteiger partial charge in [0.15, 0.2) is 0 Å². The third kappa shape index (κ3) is 5.47. The van der Waals surface area contributed by atoms with E-state index in [0.29, 0.717) is 23.2 Å². The Morgan fingerprint density at radius 1 is 1.29 bits per heavy atom. The lowest BCUT2D eigenvalue weighted by Gasteiger charge is -2.11. The number of carbonyl (C=O) groups is 1. The fourth-order valence-electron chi connectivity index (χ4n) is 2.08. The van der Waals surface area contributed by atoms with Gasteiger partial charge >= 0.3 is 0 Å². The minimum absolute atomic E-state index is 0.206. The summed E-state index contributed by atoms with van der Waals surface area (Å²) in [5.41, 5.74) is 2.16. The van der Waals surface area contributed by atoms with E-state index in [1.54, 1.807) is 18.3 Å². The second-order valence-corrected chi connectivity index (χ2v) is 6.20. The molecule has 0 radical (unpaired) electrons. The van der Waals surface area contributed by atoms with Crippen molar-refractivity contribution < 1.29 is 4.79 Å². The molecule has 0 aliphatic carbocycles. The molecule has 128 valence electrons. The molecule has 2 rings (SSSR count). The number of nitrogens with one attached hydrogen (secondary N) is 2. The van der Waals surface area contributed by atoms with Crippen LogP contribution in [0.25, 0.3) is 0 Å². The zero-order valence-corrected chi connectivity index (χ0v) is 14.9. The van der Waals surface area contributed by atoms with Crippen LogP contribution in [0, 0.1) is 6.92 Å². The zero-order chi connectivity index (χ0) is 17.5. The number of halogens is 1. The highest BCUT2D eigenvalue weighted by Crippen LogP contribution is 2.22. The number of carbonyl (C=O) groups excluding carboxylic acids is 1. The molecule has 0 aliphatic heterocycles. The van der Waals surface area contributed by atoms with E-state index in [4.69, 9.17) is 11.6 Å². The predicted molar refractivity (Wildman–Crippen MR) is 97.0 cm³/mol. The van der Waals surface area contributed by atoms with Crippen molar-refractivity contribution in [2.75, 3.05) is 32.5 Å². The number of nitrogens with zero attached hydrogens (tertiary/aromatic N) is 3. The first kappa shape index (κ1) is 18.2. The number of hydrogen-bond donors (Lipinski definition) is 2. The Morgan fingerprint density at radius 2 is 2.08 bits per heavy atom. The fourth-order valence-corrected chi connectivity index (χ4v) is 2.25. The van der Waals surface area contributed by atoms with Crippen molar-refractivity contribution in [3.05, 3.63) is 46.7 Å². The van der Waals surface area contributed by atoms with Crippen LogP contribution in [0.4, 0.5) is 11.6 Å². The van der Waals surface area contributed by atoms with E-state index in [2.05, 4.69) is 25.5 Å². The Labute approximate surface area is 147 Å². The van der Waals surface area contributed by atoms with Gasteiger partial charge in [-0.2, -0.15) is 0 Å². The van der Waals surface area contributed by atoms with E-state index in [0.717, 1.165) is 24.2 Å². The number of hydrogen-bond acceptors (Lipinski definition) is 5. The van der Waals surface area contributed by atoms with Gasteiger partial charge in [0.2, 0.25) is 5.95 Å². The number of rotatable bonds is 7. The second kappa shape index (κ2) is 8.61. The van der Waals surface area contributed by atoms with Crippen LogP contribution in [0.1, 0.15) is 22.5 Å². The van der Waals surface area contributed by atoms with Crippen LogP contribution in [0.5, 0.6) is 0 Å². The third-order valence-corrected chi connectivity index (χ3v) is 3.64. The maximum absolute atomic E-state index is 12.2. The van der Waals surface area contributed by atoms with Gasteiger partial charge in [0.05, 0.1) is 0 Å². The first-order valence-electron chi connectivity index (χ1n) is 7.75. The lowest BCUT2D eigenvalue weighted by atomic mass is 10.2. The van der Waals surface area contributed by atoms with Crippen LogP contribution in [-0.2, 0) is 0 Å². The first-order valence-corrected chi connectivity index (χ1v) is 8.12. The standard InChI is InChI=1S/C17H22ClN5O/c1-12-5-6-13(18)11-15(12)22-17-20-9-7-14(21-17)16(24)19-8-4-10-23(2)3/h5-7,9,11H,4,8,10H2,1-3H3,(H,19,24)(H,20,21,22). The maximum Gasteiger partial charge on any atom is 0.270 e. The van der Waals surface area contributed by atoms with Crippen LogP contribution in [-0.4, -0.2) is 48.0 Å². The van der Waals surface area contributed by atoms with Gasteiger partial charge in [-0.3, -0.25) is 4.79 Å². The summed E-state index contributed by atoms with van der Waals surface area (Å²) in [6.07, 6.45) is 2.45. The minimum Gasteiger partial charge on any atom is -0.351 e. The second-order valence-electron chi connectivity index (χ2n) is 5.76. The number of amides is 1. The van der Waals surface area contributed by atoms with Crippen molar-refractivity contribution >= 4 is 29.1 Å². The molecule has 2 N–H and O–H groups in total. The van der Waals surface area contributed by atoms with Crippen LogP contribution >= 0.6 is 11.6 Å². The Kier molecular flexibility index (Phi) is 6.52. The Morgan fingerprint density at radius 3 is 2.83 bits per heavy atom. The van der Waals surface area contributed by atoms with Gasteiger partial charge < -0.3 is 15.5 Å². The Balaban J connectivity index is 2.00. The molecule has 7 heteroatoms. The van der Waals surface area contributed by atoms with Crippen molar-refractivity contribution in [3.63, 3.8) is 0 Å². The summed E-state index contributed by atoms with van der Waals surface area (Å²) in [6, 6.07) is 7.12. The zero-order valence-electron chi connectivity index (χ0n) is 14.1. The minimum atomic E-state index is -0.206. The van der Waals surface area contributed by atoms with Gasteiger partial charge in [-0.15, -0.1) is 0 Å². The summed E-state index contributed by atoms with van der Waals surface area (Å²) in [5, 5.41) is 6.58. The van der Waals surface area contributed by atoms with Crippen molar-refractivity contribution in [1.29, 1.82) is 0 Å². The molecule has 0 unspecified atom stereocenters. The van der Waals surface area contributed by atoms with Crippen LogP contribution < -0.4 is 10.6 Å². The quantitative estimate of drug-likeness (QED) is 0.754. The normalized spacial score (nSPS) is 10.7. The molecule has 2 aromatic rings. The summed E-state index contributed by atoms with van der Waals surface area (Å²) in [7, 11) is 4.00. The van der Waals surface area contributed by atoms with E-state index in [1.807, 2.05) is 33.2 Å². The summed E-state index contributed by atoms with van der Waals surface area (Å²) in [5.74, 6) is 0.156. The van der Waals surface area contributed by atoms with E-state index in [-0.39, 0.29) is 5.91 Å². The molecule has 0 atom stereocenters. The fraction of sp³-hybridized carbons (Fsp3) is 0.353. The van der Waals surface area contributed by atoms with Gasteiger partial charge in [-0.1, -0.05) is 17.7 Å². The molecule has 6 nitrogen and oxygen atoms in total. The molecule has 0 aliphatic rings. The molecular weight excluding hydrogens is 326 g/mol. The Bertz CT molecular complexity index is 705. The maximum atomic E-state index is 12.2. The molecule has 0 bridgehead atoms. The van der Waals surface area contributed by atoms with E-state index in [1.165, 1.54) is 0 Å². The van der Waals surface area contributed by atoms with E-state index in [9.17, 15) is 4.79 Å². The lowest BCUT2D eigenvalue weighted by molar-refractivity contribution is 0.0947. The third-order valence-electron chi connectivity index (χ3n) is 3.40. The lowest BCUT2D eigenvalue weighted by Crippen LogP contribution is -2.28. The van der Waals surface area contributed by atoms with Crippen molar-refractivity contribution in [1.82, 2.24) is 20.2 Å². The number of aryl methyl sites for hydroxylation is 1. The summed E-state index contributed by atoms with van der Waals surface area (Å²) in [4.78, 5) is 22.6. The van der Waals surface area contributed by atoms with Crippen LogP contribution in [0.2, 0.25) is 5.02 Å². The largest absolute Gasteiger partial charge is 0.351 e. The van der Waals surface area contributed by atoms with Gasteiger partial charge in [0.1, 0.15) is 5.69 Å². The van der Waals surface area contributed by atoms with Crippen molar-refractivity contribution in [3.8, 4) is 0 Å². The molecule has 24 heavy (non-hydrogen) atoms. The first-order chi connectivity index (χ1) is 11.5. The molecule has 1 heterocycles. The molecule has 1 aromatic carbocycles. The van der Waals surface area contributed by atoms with Crippen molar-refractivity contribution in [2.24, 2.45) is 0 Å². The van der Waals surface area contributed by atoms with Gasteiger partial charge in [0.25, 0.3) is 5.91 Å². The smallest absolute Gasteiger partial charge is 0.270 e. The number of aromatic nitrogens is 2. The average Bonchev–Trinajstić information content (AvgIpc) is 2.55. The molecular formula is C17H22ClN5O. The van der Waals surface area contributed by atoms with Gasteiger partial charge in [-0.05, 0) is 57.7 Å². The highest BCUT2D eigenvalue weighted by atomic mass is 35.5. The molecule has 0 spiro atoms. The summed E-state index contributed by atoms with van der Waals surface area (Å²) < 4.78 is 0. The van der Waals surface area contributed by atoms with Gasteiger partial charge in [0, 0.05) is 23.5 Å². The average molecular weight is 348 g/mol. The molecule has 1 aromatic heterocycles. The van der Waals surface area contributed by atoms with Crippen LogP contribution in [0.15, 0.2) is 30.5 Å². The van der Waals surface area contributed by atoms with Crippen LogP contribution in [0.3, 0.4) is 0 Å². The predicted octanol–water partition coefficient (Wildman–Crippen LogP) is 2.86. The summed E-state index contributed by atoms with van der Waals surface area (Å²) in [6.45, 7) is 3.49. The molecule has 1 amide bonds. The highest BCUT2D eigenvalue weighted by Gasteiger charge is 2.09. The highest BCUT2D eigenvalue weighted by molar-refractivity contribution is 6.30. The topological polar surface area (TPSA) is 70.2 Å². The van der Waals surface area contributed by atoms with Crippen molar-refractivity contribution in [2.45, 2.75) is 13.3 Å². The molecule has 0 fully saturated rings. The monoisotopic (exact) mass is 347 g/mol. The van der Waals surface area contributed by atoms with Gasteiger partial charge in [-0.25, -0.2) is 9.97 Å². The molecule has 0 saturated heterocycles. The molecule has 0 saturated carbocycles. The van der Waals surface area contributed by atoms with E-state index >= 15 is 0 Å². The SMILES string of the molecule is Cc1ccc(Cl)cc1Nc1nccc(C(=O)NCCCN(C)C)n1. The number of anilines is 2. The number of benzene rings is 1. The summed E-state index contributed by atoms with van der Waals surface area (Å²) >= 11 is 6.01. The van der Waals surface area contributed by atoms with E-state index < -0.39 is 0 Å².